The zero-order valence-corrected chi connectivity index (χ0v) is 12.6. The molecule has 0 spiro atoms. The summed E-state index contributed by atoms with van der Waals surface area (Å²) in [7, 11) is 0. The summed E-state index contributed by atoms with van der Waals surface area (Å²) in [5.74, 6) is 4.39. The van der Waals surface area contributed by atoms with Crippen LogP contribution in [0.15, 0.2) is 36.4 Å². The highest BCUT2D eigenvalue weighted by molar-refractivity contribution is 5.67. The van der Waals surface area contributed by atoms with Crippen molar-refractivity contribution in [2.24, 2.45) is 0 Å². The third kappa shape index (κ3) is 4.43. The summed E-state index contributed by atoms with van der Waals surface area (Å²) >= 11 is 0. The quantitative estimate of drug-likeness (QED) is 0.884. The van der Waals surface area contributed by atoms with E-state index in [0.717, 1.165) is 11.1 Å². The van der Waals surface area contributed by atoms with Crippen molar-refractivity contribution in [1.29, 1.82) is 5.26 Å². The standard InChI is InChI=1S/C19H14FNO2/c1-13-2-3-15(12-21)10-17(13)7-5-14-4-6-16(18(20)11-14)8-9-19(22)23/h2-4,6,10-11H,8-9H2,1H3,(H,22,23). The second-order valence-corrected chi connectivity index (χ2v) is 5.09. The first-order valence-electron chi connectivity index (χ1n) is 7.02. The molecule has 0 radical (unpaired) electrons. The first kappa shape index (κ1) is 16.3. The van der Waals surface area contributed by atoms with E-state index in [1.165, 1.54) is 6.07 Å². The molecule has 0 saturated carbocycles. The van der Waals surface area contributed by atoms with Crippen molar-refractivity contribution >= 4 is 5.97 Å². The highest BCUT2D eigenvalue weighted by Crippen LogP contribution is 2.13. The van der Waals surface area contributed by atoms with Crippen molar-refractivity contribution in [2.75, 3.05) is 0 Å². The molecule has 4 heteroatoms. The molecule has 114 valence electrons. The van der Waals surface area contributed by atoms with Gasteiger partial charge < -0.3 is 5.11 Å². The Morgan fingerprint density at radius 3 is 2.57 bits per heavy atom. The van der Waals surface area contributed by atoms with Crippen LogP contribution in [0.3, 0.4) is 0 Å². The number of carboxylic acid groups (broad SMARTS) is 1. The van der Waals surface area contributed by atoms with E-state index in [1.807, 2.05) is 13.0 Å². The molecule has 0 aliphatic heterocycles. The van der Waals surface area contributed by atoms with Crippen molar-refractivity contribution in [2.45, 2.75) is 19.8 Å². The number of hydrogen-bond donors (Lipinski definition) is 1. The highest BCUT2D eigenvalue weighted by Gasteiger charge is 2.05. The van der Waals surface area contributed by atoms with Crippen molar-refractivity contribution < 1.29 is 14.3 Å². The maximum absolute atomic E-state index is 13.9. The van der Waals surface area contributed by atoms with Gasteiger partial charge in [0.05, 0.1) is 11.6 Å². The Labute approximate surface area is 134 Å². The summed E-state index contributed by atoms with van der Waals surface area (Å²) in [4.78, 5) is 10.5. The normalized spacial score (nSPS) is 9.61. The molecule has 0 aliphatic rings. The Balaban J connectivity index is 2.24. The molecule has 0 fully saturated rings. The van der Waals surface area contributed by atoms with Gasteiger partial charge in [-0.3, -0.25) is 4.79 Å². The number of carboxylic acids is 1. The summed E-state index contributed by atoms with van der Waals surface area (Å²) in [6.45, 7) is 1.89. The van der Waals surface area contributed by atoms with Crippen LogP contribution >= 0.6 is 0 Å². The van der Waals surface area contributed by atoms with Gasteiger partial charge in [0.2, 0.25) is 0 Å². The molecule has 0 bridgehead atoms. The second kappa shape index (κ2) is 7.24. The van der Waals surface area contributed by atoms with E-state index in [4.69, 9.17) is 10.4 Å². The number of carbonyl (C=O) groups is 1. The monoisotopic (exact) mass is 307 g/mol. The van der Waals surface area contributed by atoms with Crippen molar-refractivity contribution in [1.82, 2.24) is 0 Å². The average Bonchev–Trinajstić information content (AvgIpc) is 2.53. The zero-order valence-electron chi connectivity index (χ0n) is 12.6. The summed E-state index contributed by atoms with van der Waals surface area (Å²) in [5, 5.41) is 17.5. The number of halogens is 1. The Hall–Kier alpha value is -3.11. The minimum atomic E-state index is -0.957. The minimum absolute atomic E-state index is 0.109. The van der Waals surface area contributed by atoms with Gasteiger partial charge in [-0.25, -0.2) is 4.39 Å². The van der Waals surface area contributed by atoms with Crippen LogP contribution in [0.25, 0.3) is 0 Å². The number of rotatable bonds is 3. The van der Waals surface area contributed by atoms with Gasteiger partial charge in [0.1, 0.15) is 5.82 Å². The number of aryl methyl sites for hydroxylation is 2. The molecule has 2 rings (SSSR count). The molecule has 23 heavy (non-hydrogen) atoms. The van der Waals surface area contributed by atoms with Crippen molar-refractivity contribution in [3.63, 3.8) is 0 Å². The van der Waals surface area contributed by atoms with Crippen LogP contribution in [0.5, 0.6) is 0 Å². The van der Waals surface area contributed by atoms with Gasteiger partial charge in [0.25, 0.3) is 0 Å². The summed E-state index contributed by atoms with van der Waals surface area (Å²) in [6, 6.07) is 11.8. The lowest BCUT2D eigenvalue weighted by Crippen LogP contribution is -1.99. The van der Waals surface area contributed by atoms with Crippen molar-refractivity contribution in [3.8, 4) is 17.9 Å². The van der Waals surface area contributed by atoms with Crippen LogP contribution in [0.1, 0.15) is 34.2 Å². The van der Waals surface area contributed by atoms with Gasteiger partial charge in [0, 0.05) is 17.5 Å². The maximum Gasteiger partial charge on any atom is 0.303 e. The second-order valence-electron chi connectivity index (χ2n) is 5.09. The van der Waals surface area contributed by atoms with Crippen LogP contribution in [-0.4, -0.2) is 11.1 Å². The van der Waals surface area contributed by atoms with Gasteiger partial charge in [0.15, 0.2) is 0 Å². The lowest BCUT2D eigenvalue weighted by atomic mass is 10.0. The molecule has 0 atom stereocenters. The Bertz CT molecular complexity index is 854. The van der Waals surface area contributed by atoms with E-state index in [9.17, 15) is 9.18 Å². The molecule has 0 unspecified atom stereocenters. The van der Waals surface area contributed by atoms with Gasteiger partial charge >= 0.3 is 5.97 Å². The number of nitrogens with zero attached hydrogens (tertiary/aromatic N) is 1. The number of aliphatic carboxylic acids is 1. The molecule has 2 aromatic rings. The van der Waals surface area contributed by atoms with E-state index in [0.29, 0.717) is 16.7 Å². The van der Waals surface area contributed by atoms with E-state index in [2.05, 4.69) is 17.9 Å². The van der Waals surface area contributed by atoms with E-state index in [1.54, 1.807) is 24.3 Å². The summed E-state index contributed by atoms with van der Waals surface area (Å²) in [5.41, 5.74) is 3.05. The van der Waals surface area contributed by atoms with Gasteiger partial charge in [-0.2, -0.15) is 5.26 Å². The topological polar surface area (TPSA) is 61.1 Å². The Morgan fingerprint density at radius 2 is 1.91 bits per heavy atom. The number of hydrogen-bond acceptors (Lipinski definition) is 2. The number of nitriles is 1. The largest absolute Gasteiger partial charge is 0.481 e. The predicted molar refractivity (Wildman–Crippen MR) is 84.2 cm³/mol. The molecule has 1 N–H and O–H groups in total. The van der Waals surface area contributed by atoms with E-state index >= 15 is 0 Å². The number of benzene rings is 2. The smallest absolute Gasteiger partial charge is 0.303 e. The Kier molecular flexibility index (Phi) is 5.12. The fraction of sp³-hybridized carbons (Fsp3) is 0.158. The first-order chi connectivity index (χ1) is 11.0. The first-order valence-corrected chi connectivity index (χ1v) is 7.02. The van der Waals surface area contributed by atoms with Crippen LogP contribution in [0.4, 0.5) is 4.39 Å². The minimum Gasteiger partial charge on any atom is -0.481 e. The lowest BCUT2D eigenvalue weighted by Gasteiger charge is -2.02. The van der Waals surface area contributed by atoms with E-state index in [-0.39, 0.29) is 12.8 Å². The van der Waals surface area contributed by atoms with Gasteiger partial charge in [-0.15, -0.1) is 0 Å². The lowest BCUT2D eigenvalue weighted by molar-refractivity contribution is -0.136. The third-order valence-electron chi connectivity index (χ3n) is 3.37. The fourth-order valence-electron chi connectivity index (χ4n) is 2.04. The molecule has 0 aromatic heterocycles. The van der Waals surface area contributed by atoms with Crippen LogP contribution in [0, 0.1) is 35.9 Å². The zero-order chi connectivity index (χ0) is 16.8. The summed E-state index contributed by atoms with van der Waals surface area (Å²) in [6.07, 6.45) is 0.0420. The molecule has 0 saturated heterocycles. The molecule has 0 aliphatic carbocycles. The summed E-state index contributed by atoms with van der Waals surface area (Å²) < 4.78 is 13.9. The molecule has 0 amide bonds. The fourth-order valence-corrected chi connectivity index (χ4v) is 2.04. The average molecular weight is 307 g/mol. The molecule has 3 nitrogen and oxygen atoms in total. The van der Waals surface area contributed by atoms with Crippen LogP contribution in [0.2, 0.25) is 0 Å². The highest BCUT2D eigenvalue weighted by atomic mass is 19.1. The van der Waals surface area contributed by atoms with Crippen LogP contribution in [-0.2, 0) is 11.2 Å². The molecular formula is C19H14FNO2. The SMILES string of the molecule is Cc1ccc(C#N)cc1C#Cc1ccc(CCC(=O)O)c(F)c1. The maximum atomic E-state index is 13.9. The molecule has 0 heterocycles. The van der Waals surface area contributed by atoms with Crippen LogP contribution < -0.4 is 0 Å². The predicted octanol–water partition coefficient (Wildman–Crippen LogP) is 3.42. The van der Waals surface area contributed by atoms with Crippen molar-refractivity contribution in [3.05, 3.63) is 70.0 Å². The van der Waals surface area contributed by atoms with Gasteiger partial charge in [-0.05, 0) is 48.7 Å². The molecular weight excluding hydrogens is 293 g/mol. The Morgan fingerprint density at radius 1 is 1.17 bits per heavy atom. The van der Waals surface area contributed by atoms with E-state index < -0.39 is 11.8 Å². The van der Waals surface area contributed by atoms with Gasteiger partial charge in [-0.1, -0.05) is 24.0 Å². The molecule has 2 aromatic carbocycles. The third-order valence-corrected chi connectivity index (χ3v) is 3.37.